The van der Waals surface area contributed by atoms with Gasteiger partial charge in [-0.1, -0.05) is 46.7 Å². The third-order valence-electron chi connectivity index (χ3n) is 2.99. The maximum absolute atomic E-state index is 11.5. The number of thioether (sulfide) groups is 1. The Morgan fingerprint density at radius 1 is 1.35 bits per heavy atom. The highest BCUT2D eigenvalue weighted by Crippen LogP contribution is 2.24. The number of rotatable bonds is 6. The summed E-state index contributed by atoms with van der Waals surface area (Å²) in [6.45, 7) is 2.72. The van der Waals surface area contributed by atoms with E-state index in [-0.39, 0.29) is 16.4 Å². The molecule has 1 aliphatic heterocycles. The molecule has 108 valence electrons. The van der Waals surface area contributed by atoms with E-state index >= 15 is 0 Å². The Morgan fingerprint density at radius 3 is 2.60 bits per heavy atom. The fraction of sp³-hybridized carbons (Fsp3) is 0.429. The van der Waals surface area contributed by atoms with E-state index in [4.69, 9.17) is 4.74 Å². The number of imide groups is 1. The molecule has 2 amide bonds. The first-order valence-corrected chi connectivity index (χ1v) is 8.25. The molecule has 6 heteroatoms. The number of hydrogen-bond acceptors (Lipinski definition) is 4. The average Bonchev–Trinajstić information content (AvgIpc) is 2.75. The van der Waals surface area contributed by atoms with Gasteiger partial charge in [-0.15, -0.1) is 0 Å². The molecule has 1 saturated heterocycles. The molecule has 0 spiro atoms. The van der Waals surface area contributed by atoms with Gasteiger partial charge in [0.25, 0.3) is 5.24 Å². The molecule has 1 aromatic carbocycles. The largest absolute Gasteiger partial charge is 0.492 e. The fourth-order valence-corrected chi connectivity index (χ4v) is 2.76. The number of alkyl halides is 1. The van der Waals surface area contributed by atoms with Crippen LogP contribution in [0, 0.1) is 0 Å². The second-order valence-electron chi connectivity index (χ2n) is 4.55. The molecule has 0 saturated carbocycles. The molecule has 0 aromatic heterocycles. The first kappa shape index (κ1) is 15.4. The average molecular weight is 358 g/mol. The van der Waals surface area contributed by atoms with Gasteiger partial charge in [-0.3, -0.25) is 14.9 Å². The SMILES string of the molecule is CCC(Br)COc1ccc(CC2SC(=O)NC2=O)cc1. The van der Waals surface area contributed by atoms with Crippen LogP contribution in [0.5, 0.6) is 5.75 Å². The summed E-state index contributed by atoms with van der Waals surface area (Å²) in [6.07, 6.45) is 1.57. The number of amides is 2. The maximum Gasteiger partial charge on any atom is 0.286 e. The summed E-state index contributed by atoms with van der Waals surface area (Å²) < 4.78 is 5.64. The smallest absolute Gasteiger partial charge is 0.286 e. The van der Waals surface area contributed by atoms with E-state index in [1.165, 1.54) is 0 Å². The van der Waals surface area contributed by atoms with Crippen molar-refractivity contribution >= 4 is 38.8 Å². The van der Waals surface area contributed by atoms with Crippen molar-refractivity contribution in [3.8, 4) is 5.75 Å². The van der Waals surface area contributed by atoms with E-state index in [9.17, 15) is 9.59 Å². The molecule has 0 bridgehead atoms. The Bertz CT molecular complexity index is 492. The van der Waals surface area contributed by atoms with Crippen molar-refractivity contribution in [3.05, 3.63) is 29.8 Å². The van der Waals surface area contributed by atoms with Crippen molar-refractivity contribution in [2.75, 3.05) is 6.61 Å². The van der Waals surface area contributed by atoms with Crippen LogP contribution in [0.15, 0.2) is 24.3 Å². The van der Waals surface area contributed by atoms with Crippen LogP contribution < -0.4 is 10.1 Å². The van der Waals surface area contributed by atoms with Gasteiger partial charge in [-0.25, -0.2) is 0 Å². The first-order chi connectivity index (χ1) is 9.58. The predicted octanol–water partition coefficient (Wildman–Crippen LogP) is 3.13. The van der Waals surface area contributed by atoms with Crippen molar-refractivity contribution in [1.29, 1.82) is 0 Å². The highest BCUT2D eigenvalue weighted by atomic mass is 79.9. The maximum atomic E-state index is 11.5. The molecule has 1 fully saturated rings. The lowest BCUT2D eigenvalue weighted by Crippen LogP contribution is -2.25. The molecule has 0 radical (unpaired) electrons. The summed E-state index contributed by atoms with van der Waals surface area (Å²) >= 11 is 4.57. The molecule has 1 N–H and O–H groups in total. The van der Waals surface area contributed by atoms with Gasteiger partial charge in [0.1, 0.15) is 12.4 Å². The second kappa shape index (κ2) is 7.13. The van der Waals surface area contributed by atoms with Gasteiger partial charge in [-0.05, 0) is 30.5 Å². The number of carbonyl (C=O) groups is 2. The normalized spacial score (nSPS) is 19.8. The highest BCUT2D eigenvalue weighted by molar-refractivity contribution is 9.09. The predicted molar refractivity (Wildman–Crippen MR) is 83.6 cm³/mol. The number of hydrogen-bond donors (Lipinski definition) is 1. The molecule has 0 aliphatic carbocycles. The minimum absolute atomic E-state index is 0.203. The standard InChI is InChI=1S/C14H16BrNO3S/c1-2-10(15)8-19-11-5-3-9(4-6-11)7-12-13(17)16-14(18)20-12/h3-6,10,12H,2,7-8H2,1H3,(H,16,17,18). The number of halogens is 1. The minimum Gasteiger partial charge on any atom is -0.492 e. The number of nitrogens with one attached hydrogen (secondary N) is 1. The number of carbonyl (C=O) groups excluding carboxylic acids is 2. The Labute approximate surface area is 130 Å². The molecule has 1 aromatic rings. The molecular formula is C14H16BrNO3S. The molecule has 4 nitrogen and oxygen atoms in total. The molecule has 1 aliphatic rings. The number of ether oxygens (including phenoxy) is 1. The summed E-state index contributed by atoms with van der Waals surface area (Å²) in [5, 5.41) is 1.71. The van der Waals surface area contributed by atoms with Gasteiger partial charge >= 0.3 is 0 Å². The number of benzene rings is 1. The minimum atomic E-state index is -0.318. The van der Waals surface area contributed by atoms with Crippen LogP contribution in [0.25, 0.3) is 0 Å². The molecular weight excluding hydrogens is 342 g/mol. The Morgan fingerprint density at radius 2 is 2.05 bits per heavy atom. The van der Waals surface area contributed by atoms with Gasteiger partial charge in [0.15, 0.2) is 0 Å². The van der Waals surface area contributed by atoms with Crippen molar-refractivity contribution < 1.29 is 14.3 Å². The summed E-state index contributed by atoms with van der Waals surface area (Å²) in [6, 6.07) is 7.65. The third kappa shape index (κ3) is 4.24. The van der Waals surface area contributed by atoms with Crippen molar-refractivity contribution in [2.24, 2.45) is 0 Å². The van der Waals surface area contributed by atoms with Crippen LogP contribution in [0.1, 0.15) is 18.9 Å². The molecule has 2 atom stereocenters. The summed E-state index contributed by atoms with van der Waals surface area (Å²) in [5.74, 6) is 0.608. The van der Waals surface area contributed by atoms with Crippen LogP contribution in [0.2, 0.25) is 0 Å². The van der Waals surface area contributed by atoms with E-state index in [1.54, 1.807) is 0 Å². The fourth-order valence-electron chi connectivity index (χ4n) is 1.77. The third-order valence-corrected chi connectivity index (χ3v) is 4.88. The Hall–Kier alpha value is -1.01. The molecule has 2 rings (SSSR count). The van der Waals surface area contributed by atoms with Crippen molar-refractivity contribution in [3.63, 3.8) is 0 Å². The van der Waals surface area contributed by atoms with Gasteiger partial charge in [0, 0.05) is 4.83 Å². The van der Waals surface area contributed by atoms with Crippen LogP contribution >= 0.6 is 27.7 Å². The highest BCUT2D eigenvalue weighted by Gasteiger charge is 2.31. The summed E-state index contributed by atoms with van der Waals surface area (Å²) in [4.78, 5) is 22.9. The van der Waals surface area contributed by atoms with Crippen LogP contribution in [-0.4, -0.2) is 27.8 Å². The second-order valence-corrected chi connectivity index (χ2v) is 7.02. The first-order valence-electron chi connectivity index (χ1n) is 6.45. The van der Waals surface area contributed by atoms with Crippen molar-refractivity contribution in [2.45, 2.75) is 29.8 Å². The lowest BCUT2D eigenvalue weighted by Gasteiger charge is -2.10. The zero-order valence-corrected chi connectivity index (χ0v) is 13.5. The monoisotopic (exact) mass is 357 g/mol. The zero-order chi connectivity index (χ0) is 14.5. The van der Waals surface area contributed by atoms with Crippen LogP contribution in [0.3, 0.4) is 0 Å². The van der Waals surface area contributed by atoms with E-state index in [0.29, 0.717) is 17.9 Å². The zero-order valence-electron chi connectivity index (χ0n) is 11.1. The molecule has 1 heterocycles. The summed E-state index contributed by atoms with van der Waals surface area (Å²) in [5.41, 5.74) is 1.02. The quantitative estimate of drug-likeness (QED) is 0.794. The Kier molecular flexibility index (Phi) is 5.48. The van der Waals surface area contributed by atoms with Gasteiger partial charge in [0.2, 0.25) is 5.91 Å². The van der Waals surface area contributed by atoms with E-state index in [1.807, 2.05) is 24.3 Å². The van der Waals surface area contributed by atoms with E-state index in [2.05, 4.69) is 28.2 Å². The van der Waals surface area contributed by atoms with Crippen LogP contribution in [0.4, 0.5) is 4.79 Å². The van der Waals surface area contributed by atoms with Gasteiger partial charge in [0.05, 0.1) is 5.25 Å². The lowest BCUT2D eigenvalue weighted by molar-refractivity contribution is -0.118. The van der Waals surface area contributed by atoms with Crippen molar-refractivity contribution in [1.82, 2.24) is 5.32 Å². The molecule has 2 unspecified atom stereocenters. The Balaban J connectivity index is 1.88. The van der Waals surface area contributed by atoms with Gasteiger partial charge < -0.3 is 4.74 Å². The topological polar surface area (TPSA) is 55.4 Å². The van der Waals surface area contributed by atoms with Gasteiger partial charge in [-0.2, -0.15) is 0 Å². The molecule has 20 heavy (non-hydrogen) atoms. The van der Waals surface area contributed by atoms with E-state index in [0.717, 1.165) is 29.5 Å². The van der Waals surface area contributed by atoms with E-state index < -0.39 is 0 Å². The summed E-state index contributed by atoms with van der Waals surface area (Å²) in [7, 11) is 0. The van der Waals surface area contributed by atoms with Crippen LogP contribution in [-0.2, 0) is 11.2 Å². The lowest BCUT2D eigenvalue weighted by atomic mass is 10.1.